The normalized spacial score (nSPS) is 11.5. The van der Waals surface area contributed by atoms with Gasteiger partial charge in [0, 0.05) is 11.6 Å². The van der Waals surface area contributed by atoms with Crippen LogP contribution in [0.5, 0.6) is 0 Å². The minimum absolute atomic E-state index is 0.0212. The topological polar surface area (TPSA) is 43.1 Å². The highest BCUT2D eigenvalue weighted by atomic mass is 32.1. The second kappa shape index (κ2) is 4.41. The van der Waals surface area contributed by atoms with E-state index in [1.165, 1.54) is 29.6 Å². The Morgan fingerprint density at radius 3 is 2.44 bits per heavy atom. The summed E-state index contributed by atoms with van der Waals surface area (Å²) in [5.41, 5.74) is -1.33. The van der Waals surface area contributed by atoms with E-state index in [0.717, 1.165) is 17.4 Å². The molecule has 1 aromatic heterocycles. The molecule has 7 heteroatoms. The molecule has 0 fully saturated rings. The standard InChI is InChI=1S/C11H6F3NO2S/c12-11(13,14)8-4-2-1-3-7(8)10-9(15(16)17)5-6-18-10/h1-6H. The SMILES string of the molecule is O=[N+]([O-])c1ccsc1-c1ccccc1C(F)(F)F. The van der Waals surface area contributed by atoms with Crippen LogP contribution >= 0.6 is 11.3 Å². The zero-order valence-electron chi connectivity index (χ0n) is 8.77. The van der Waals surface area contributed by atoms with E-state index in [9.17, 15) is 23.3 Å². The van der Waals surface area contributed by atoms with Crippen molar-refractivity contribution in [2.45, 2.75) is 6.18 Å². The van der Waals surface area contributed by atoms with E-state index in [0.29, 0.717) is 0 Å². The van der Waals surface area contributed by atoms with Crippen molar-refractivity contribution >= 4 is 17.0 Å². The van der Waals surface area contributed by atoms with Gasteiger partial charge in [-0.2, -0.15) is 13.2 Å². The first kappa shape index (κ1) is 12.6. The predicted octanol–water partition coefficient (Wildman–Crippen LogP) is 4.34. The maximum atomic E-state index is 12.8. The number of thiophene rings is 1. The Morgan fingerprint density at radius 2 is 1.83 bits per heavy atom. The van der Waals surface area contributed by atoms with Crippen LogP contribution in [-0.2, 0) is 6.18 Å². The van der Waals surface area contributed by atoms with Crippen molar-refractivity contribution in [3.05, 3.63) is 51.4 Å². The Bertz CT molecular complexity index is 592. The molecular formula is C11H6F3NO2S. The highest BCUT2D eigenvalue weighted by Crippen LogP contribution is 2.42. The lowest BCUT2D eigenvalue weighted by Gasteiger charge is -2.10. The van der Waals surface area contributed by atoms with E-state index >= 15 is 0 Å². The molecule has 94 valence electrons. The molecule has 2 aromatic rings. The van der Waals surface area contributed by atoms with Gasteiger partial charge < -0.3 is 0 Å². The van der Waals surface area contributed by atoms with E-state index < -0.39 is 16.7 Å². The zero-order valence-corrected chi connectivity index (χ0v) is 9.59. The van der Waals surface area contributed by atoms with E-state index in [2.05, 4.69) is 0 Å². The monoisotopic (exact) mass is 273 g/mol. The summed E-state index contributed by atoms with van der Waals surface area (Å²) in [6.07, 6.45) is -4.53. The lowest BCUT2D eigenvalue weighted by atomic mass is 10.1. The quantitative estimate of drug-likeness (QED) is 0.603. The molecule has 2 rings (SSSR count). The number of benzene rings is 1. The van der Waals surface area contributed by atoms with Crippen LogP contribution in [0.4, 0.5) is 18.9 Å². The Hall–Kier alpha value is -1.89. The molecular weight excluding hydrogens is 267 g/mol. The van der Waals surface area contributed by atoms with Crippen LogP contribution in [0.25, 0.3) is 10.4 Å². The lowest BCUT2D eigenvalue weighted by molar-refractivity contribution is -0.383. The van der Waals surface area contributed by atoms with Crippen molar-refractivity contribution in [2.75, 3.05) is 0 Å². The molecule has 0 radical (unpaired) electrons. The summed E-state index contributed by atoms with van der Waals surface area (Å²) in [7, 11) is 0. The average Bonchev–Trinajstić information content (AvgIpc) is 2.76. The van der Waals surface area contributed by atoms with Gasteiger partial charge >= 0.3 is 6.18 Å². The number of halogens is 3. The smallest absolute Gasteiger partial charge is 0.258 e. The van der Waals surface area contributed by atoms with Crippen LogP contribution in [0.1, 0.15) is 5.56 Å². The molecule has 0 spiro atoms. The fraction of sp³-hybridized carbons (Fsp3) is 0.0909. The second-order valence-electron chi connectivity index (χ2n) is 3.44. The van der Waals surface area contributed by atoms with Crippen LogP contribution < -0.4 is 0 Å². The molecule has 0 bridgehead atoms. The largest absolute Gasteiger partial charge is 0.417 e. The first-order chi connectivity index (χ1) is 8.41. The number of alkyl halides is 3. The zero-order chi connectivity index (χ0) is 13.3. The summed E-state index contributed by atoms with van der Waals surface area (Å²) in [6, 6.07) is 6.04. The number of hydrogen-bond acceptors (Lipinski definition) is 3. The van der Waals surface area contributed by atoms with Gasteiger partial charge in [0.05, 0.1) is 10.5 Å². The van der Waals surface area contributed by atoms with E-state index in [4.69, 9.17) is 0 Å². The van der Waals surface area contributed by atoms with Gasteiger partial charge in [-0.15, -0.1) is 11.3 Å². The average molecular weight is 273 g/mol. The van der Waals surface area contributed by atoms with Crippen LogP contribution in [0.3, 0.4) is 0 Å². The van der Waals surface area contributed by atoms with Crippen LogP contribution in [0, 0.1) is 10.1 Å². The first-order valence-corrected chi connectivity index (χ1v) is 5.67. The molecule has 0 atom stereocenters. The number of hydrogen-bond donors (Lipinski definition) is 0. The molecule has 0 aliphatic heterocycles. The molecule has 0 unspecified atom stereocenters. The summed E-state index contributed by atoms with van der Waals surface area (Å²) < 4.78 is 38.4. The summed E-state index contributed by atoms with van der Waals surface area (Å²) in [6.45, 7) is 0. The Labute approximate surface area is 104 Å². The van der Waals surface area contributed by atoms with Gasteiger partial charge in [-0.25, -0.2) is 0 Å². The highest BCUT2D eigenvalue weighted by molar-refractivity contribution is 7.14. The second-order valence-corrected chi connectivity index (χ2v) is 4.35. The molecule has 3 nitrogen and oxygen atoms in total. The maximum Gasteiger partial charge on any atom is 0.417 e. The van der Waals surface area contributed by atoms with Crippen molar-refractivity contribution in [3.63, 3.8) is 0 Å². The minimum Gasteiger partial charge on any atom is -0.258 e. The molecule has 0 aliphatic carbocycles. The van der Waals surface area contributed by atoms with Gasteiger partial charge in [-0.3, -0.25) is 10.1 Å². The highest BCUT2D eigenvalue weighted by Gasteiger charge is 2.35. The molecule has 0 saturated heterocycles. The van der Waals surface area contributed by atoms with Gasteiger partial charge in [-0.05, 0) is 11.4 Å². The molecule has 0 N–H and O–H groups in total. The van der Waals surface area contributed by atoms with Gasteiger partial charge in [0.25, 0.3) is 5.69 Å². The number of rotatable bonds is 2. The molecule has 18 heavy (non-hydrogen) atoms. The van der Waals surface area contributed by atoms with Crippen molar-refractivity contribution in [1.82, 2.24) is 0 Å². The fourth-order valence-corrected chi connectivity index (χ4v) is 2.48. The molecule has 0 amide bonds. The number of nitrogens with zero attached hydrogens (tertiary/aromatic N) is 1. The van der Waals surface area contributed by atoms with E-state index in [-0.39, 0.29) is 16.1 Å². The summed E-state index contributed by atoms with van der Waals surface area (Å²) in [5, 5.41) is 12.2. The predicted molar refractivity (Wildman–Crippen MR) is 61.4 cm³/mol. The van der Waals surface area contributed by atoms with Crippen molar-refractivity contribution in [1.29, 1.82) is 0 Å². The van der Waals surface area contributed by atoms with Crippen LogP contribution in [0.15, 0.2) is 35.7 Å². The molecule has 0 saturated carbocycles. The molecule has 1 heterocycles. The number of nitro groups is 1. The Kier molecular flexibility index (Phi) is 3.08. The lowest BCUT2D eigenvalue weighted by Crippen LogP contribution is -2.06. The van der Waals surface area contributed by atoms with Gasteiger partial charge in [0.2, 0.25) is 0 Å². The Balaban J connectivity index is 2.65. The summed E-state index contributed by atoms with van der Waals surface area (Å²) in [5.74, 6) is 0. The van der Waals surface area contributed by atoms with Crippen LogP contribution in [-0.4, -0.2) is 4.92 Å². The third-order valence-corrected chi connectivity index (χ3v) is 3.26. The summed E-state index contributed by atoms with van der Waals surface area (Å²) >= 11 is 0.920. The molecule has 0 aliphatic rings. The third kappa shape index (κ3) is 2.21. The van der Waals surface area contributed by atoms with Gasteiger partial charge in [0.1, 0.15) is 4.88 Å². The summed E-state index contributed by atoms with van der Waals surface area (Å²) in [4.78, 5) is 10.1. The van der Waals surface area contributed by atoms with Crippen molar-refractivity contribution in [2.24, 2.45) is 0 Å². The van der Waals surface area contributed by atoms with Crippen molar-refractivity contribution < 1.29 is 18.1 Å². The van der Waals surface area contributed by atoms with Gasteiger partial charge in [-0.1, -0.05) is 18.2 Å². The first-order valence-electron chi connectivity index (χ1n) is 4.79. The van der Waals surface area contributed by atoms with Crippen LogP contribution in [0.2, 0.25) is 0 Å². The maximum absolute atomic E-state index is 12.8. The van der Waals surface area contributed by atoms with Gasteiger partial charge in [0.15, 0.2) is 0 Å². The van der Waals surface area contributed by atoms with E-state index in [1.807, 2.05) is 0 Å². The van der Waals surface area contributed by atoms with Crippen molar-refractivity contribution in [3.8, 4) is 10.4 Å². The molecule has 1 aromatic carbocycles. The minimum atomic E-state index is -4.53. The fourth-order valence-electron chi connectivity index (χ4n) is 1.58. The third-order valence-electron chi connectivity index (χ3n) is 2.32. The van der Waals surface area contributed by atoms with E-state index in [1.54, 1.807) is 0 Å². The Morgan fingerprint density at radius 1 is 1.17 bits per heavy atom.